The summed E-state index contributed by atoms with van der Waals surface area (Å²) in [6, 6.07) is 3.94. The lowest BCUT2D eigenvalue weighted by atomic mass is 9.82. The van der Waals surface area contributed by atoms with Gasteiger partial charge in [-0.05, 0) is 52.5 Å². The highest BCUT2D eigenvalue weighted by Gasteiger charge is 2.53. The van der Waals surface area contributed by atoms with Crippen molar-refractivity contribution in [1.82, 2.24) is 4.90 Å². The Labute approximate surface area is 224 Å². The van der Waals surface area contributed by atoms with Crippen LogP contribution in [0.1, 0.15) is 65.4 Å². The van der Waals surface area contributed by atoms with Crippen molar-refractivity contribution >= 4 is 23.2 Å². The predicted molar refractivity (Wildman–Crippen MR) is 147 cm³/mol. The molecular weight excluding hydrogens is 486 g/mol. The fourth-order valence-electron chi connectivity index (χ4n) is 5.15. The highest BCUT2D eigenvalue weighted by Crippen LogP contribution is 2.46. The Kier molecular flexibility index (Phi) is 9.62. The third-order valence-electron chi connectivity index (χ3n) is 7.46. The van der Waals surface area contributed by atoms with Gasteiger partial charge in [0, 0.05) is 43.1 Å². The molecule has 1 aromatic carbocycles. The van der Waals surface area contributed by atoms with E-state index in [0.29, 0.717) is 12.2 Å². The van der Waals surface area contributed by atoms with Gasteiger partial charge in [-0.15, -0.1) is 0 Å². The molecule has 1 aromatic rings. The van der Waals surface area contributed by atoms with Gasteiger partial charge in [0.1, 0.15) is 0 Å². The van der Waals surface area contributed by atoms with Crippen molar-refractivity contribution in [3.63, 3.8) is 0 Å². The number of aliphatic hydroxyl groups is 2. The number of fused-ring (bicyclic) bond motifs is 1. The summed E-state index contributed by atoms with van der Waals surface area (Å²) in [5.41, 5.74) is 0.757. The number of rotatable bonds is 11. The number of aliphatic hydroxyl groups excluding tert-OH is 1. The van der Waals surface area contributed by atoms with Gasteiger partial charge in [-0.1, -0.05) is 42.4 Å². The van der Waals surface area contributed by atoms with E-state index in [9.17, 15) is 29.9 Å². The summed E-state index contributed by atoms with van der Waals surface area (Å²) in [6.07, 6.45) is 10.8. The van der Waals surface area contributed by atoms with Gasteiger partial charge in [0.15, 0.2) is 5.60 Å². The maximum absolute atomic E-state index is 13.6. The second kappa shape index (κ2) is 12.5. The van der Waals surface area contributed by atoms with Crippen molar-refractivity contribution < 1.29 is 24.7 Å². The van der Waals surface area contributed by atoms with E-state index < -0.39 is 22.3 Å². The lowest BCUT2D eigenvalue weighted by Gasteiger charge is -2.27. The number of hydrogen-bond donors (Lipinski definition) is 2. The number of benzene rings is 1. The van der Waals surface area contributed by atoms with E-state index in [1.807, 2.05) is 26.8 Å². The van der Waals surface area contributed by atoms with E-state index in [0.717, 1.165) is 31.3 Å². The normalized spacial score (nSPS) is 22.2. The Morgan fingerprint density at radius 3 is 2.68 bits per heavy atom. The van der Waals surface area contributed by atoms with E-state index in [1.54, 1.807) is 24.0 Å². The molecule has 206 valence electrons. The van der Waals surface area contributed by atoms with Gasteiger partial charge >= 0.3 is 0 Å². The number of nitrogens with zero attached hydrogens (tertiary/aromatic N) is 3. The first-order valence-electron chi connectivity index (χ1n) is 13.2. The molecule has 0 unspecified atom stereocenters. The molecule has 2 amide bonds. The van der Waals surface area contributed by atoms with Crippen molar-refractivity contribution in [2.75, 3.05) is 24.6 Å². The van der Waals surface area contributed by atoms with Crippen LogP contribution < -0.4 is 4.90 Å². The van der Waals surface area contributed by atoms with Crippen molar-refractivity contribution in [1.29, 1.82) is 0 Å². The molecular formula is C29H39N3O6. The lowest BCUT2D eigenvalue weighted by molar-refractivity contribution is -0.385. The molecule has 0 spiro atoms. The smallest absolute Gasteiger partial charge is 0.269 e. The van der Waals surface area contributed by atoms with Gasteiger partial charge in [0.05, 0.1) is 23.3 Å². The molecule has 0 radical (unpaired) electrons. The molecule has 9 heteroatoms. The molecule has 1 saturated heterocycles. The highest BCUT2D eigenvalue weighted by atomic mass is 16.6. The Hall–Kier alpha value is -3.30. The molecule has 1 fully saturated rings. The van der Waals surface area contributed by atoms with Crippen LogP contribution in [-0.4, -0.2) is 57.6 Å². The highest BCUT2D eigenvalue weighted by molar-refractivity contribution is 6.07. The monoisotopic (exact) mass is 525 g/mol. The third-order valence-corrected chi connectivity index (χ3v) is 7.46. The quantitative estimate of drug-likeness (QED) is 0.251. The van der Waals surface area contributed by atoms with E-state index in [1.165, 1.54) is 28.7 Å². The van der Waals surface area contributed by atoms with Crippen LogP contribution >= 0.6 is 0 Å². The van der Waals surface area contributed by atoms with Crippen molar-refractivity contribution in [3.05, 3.63) is 69.3 Å². The zero-order chi connectivity index (χ0) is 28.0. The van der Waals surface area contributed by atoms with Crippen LogP contribution in [0.5, 0.6) is 0 Å². The summed E-state index contributed by atoms with van der Waals surface area (Å²) in [4.78, 5) is 40.3. The molecule has 3 atom stereocenters. The van der Waals surface area contributed by atoms with Crippen LogP contribution in [0.25, 0.3) is 0 Å². The number of nitro benzene ring substituents is 1. The van der Waals surface area contributed by atoms with Crippen LogP contribution in [0.4, 0.5) is 11.4 Å². The average molecular weight is 526 g/mol. The second-order valence-corrected chi connectivity index (χ2v) is 10.5. The topological polar surface area (TPSA) is 124 Å². The SMILES string of the molecule is CC(C)=CCC/C(C)=C/CN1C(=O)[C@](O)([C@H](C)/C=C/CC(=O)N2CCC[C@H]2CO)c2cc([N+](=O)[O-])ccc21. The molecule has 9 nitrogen and oxygen atoms in total. The Balaban J connectivity index is 1.83. The number of anilines is 1. The first-order chi connectivity index (χ1) is 18.0. The summed E-state index contributed by atoms with van der Waals surface area (Å²) >= 11 is 0. The van der Waals surface area contributed by atoms with Crippen LogP contribution in [0.2, 0.25) is 0 Å². The van der Waals surface area contributed by atoms with Gasteiger partial charge in [0.25, 0.3) is 11.6 Å². The third kappa shape index (κ3) is 6.22. The Morgan fingerprint density at radius 2 is 2.03 bits per heavy atom. The van der Waals surface area contributed by atoms with E-state index in [2.05, 4.69) is 6.08 Å². The van der Waals surface area contributed by atoms with Gasteiger partial charge in [-0.25, -0.2) is 0 Å². The molecule has 2 N–H and O–H groups in total. The zero-order valence-electron chi connectivity index (χ0n) is 22.7. The van der Waals surface area contributed by atoms with Crippen molar-refractivity contribution in [3.8, 4) is 0 Å². The molecule has 0 aliphatic carbocycles. The first-order valence-corrected chi connectivity index (χ1v) is 13.2. The number of amides is 2. The minimum atomic E-state index is -2.01. The van der Waals surface area contributed by atoms with Crippen LogP contribution in [0.15, 0.2) is 53.6 Å². The largest absolute Gasteiger partial charge is 0.394 e. The molecule has 0 saturated carbocycles. The molecule has 2 aliphatic rings. The van der Waals surface area contributed by atoms with Crippen LogP contribution in [0, 0.1) is 16.0 Å². The molecule has 2 heterocycles. The van der Waals surface area contributed by atoms with Gasteiger partial charge in [-0.3, -0.25) is 19.7 Å². The minimum Gasteiger partial charge on any atom is -0.394 e. The minimum absolute atomic E-state index is 0.0736. The second-order valence-electron chi connectivity index (χ2n) is 10.5. The summed E-state index contributed by atoms with van der Waals surface area (Å²) in [5, 5.41) is 32.7. The number of carbonyl (C=O) groups excluding carboxylic acids is 2. The maximum Gasteiger partial charge on any atom is 0.269 e. The standard InChI is InChI=1S/C29H39N3O6/c1-20(2)8-5-9-21(3)15-17-31-26-14-13-23(32(37)38)18-25(26)29(36,28(31)35)22(4)10-6-12-27(34)30-16-7-11-24(30)19-33/h6,8,10,13-15,18,22,24,33,36H,5,7,9,11-12,16-17,19H2,1-4H3/b10-6+,21-15+/t22-,24+,29+/m1/s1. The summed E-state index contributed by atoms with van der Waals surface area (Å²) < 4.78 is 0. The van der Waals surface area contributed by atoms with Gasteiger partial charge in [-0.2, -0.15) is 0 Å². The van der Waals surface area contributed by atoms with Crippen molar-refractivity contribution in [2.24, 2.45) is 5.92 Å². The average Bonchev–Trinajstić information content (AvgIpc) is 3.44. The van der Waals surface area contributed by atoms with Crippen LogP contribution in [0.3, 0.4) is 0 Å². The van der Waals surface area contributed by atoms with E-state index in [-0.39, 0.29) is 42.8 Å². The van der Waals surface area contributed by atoms with E-state index in [4.69, 9.17) is 0 Å². The first kappa shape index (κ1) is 29.3. The number of allylic oxidation sites excluding steroid dienone is 3. The van der Waals surface area contributed by atoms with Gasteiger partial charge in [0.2, 0.25) is 5.91 Å². The summed E-state index contributed by atoms with van der Waals surface area (Å²) in [5.74, 6) is -1.42. The molecule has 0 bridgehead atoms. The summed E-state index contributed by atoms with van der Waals surface area (Å²) in [6.45, 7) is 8.51. The number of non-ortho nitro benzene ring substituents is 1. The Morgan fingerprint density at radius 1 is 1.29 bits per heavy atom. The number of likely N-dealkylation sites (tertiary alicyclic amines) is 1. The predicted octanol–water partition coefficient (Wildman–Crippen LogP) is 4.39. The molecule has 38 heavy (non-hydrogen) atoms. The number of hydrogen-bond acceptors (Lipinski definition) is 6. The molecule has 2 aliphatic heterocycles. The van der Waals surface area contributed by atoms with Crippen LogP contribution in [-0.2, 0) is 15.2 Å². The summed E-state index contributed by atoms with van der Waals surface area (Å²) in [7, 11) is 0. The van der Waals surface area contributed by atoms with Gasteiger partial charge < -0.3 is 20.0 Å². The van der Waals surface area contributed by atoms with E-state index >= 15 is 0 Å². The van der Waals surface area contributed by atoms with Crippen molar-refractivity contribution in [2.45, 2.75) is 71.4 Å². The Bertz CT molecular complexity index is 1150. The maximum atomic E-state index is 13.6. The molecule has 3 rings (SSSR count). The number of carbonyl (C=O) groups is 2. The lowest BCUT2D eigenvalue weighted by Crippen LogP contribution is -2.44. The molecule has 0 aromatic heterocycles. The number of nitro groups is 1. The zero-order valence-corrected chi connectivity index (χ0v) is 22.7. The fourth-order valence-corrected chi connectivity index (χ4v) is 5.15. The fraction of sp³-hybridized carbons (Fsp3) is 0.517.